The van der Waals surface area contributed by atoms with Crippen LogP contribution in [0.5, 0.6) is 0 Å². The van der Waals surface area contributed by atoms with Gasteiger partial charge < -0.3 is 9.66 Å². The minimum absolute atomic E-state index is 0. The van der Waals surface area contributed by atoms with Crippen molar-refractivity contribution in [3.05, 3.63) is 35.4 Å². The third-order valence-electron chi connectivity index (χ3n) is 3.58. The zero-order valence-electron chi connectivity index (χ0n) is 10.8. The summed E-state index contributed by atoms with van der Waals surface area (Å²) in [6, 6.07) is 6.70. The van der Waals surface area contributed by atoms with E-state index in [4.69, 9.17) is 0 Å². The molecule has 2 rings (SSSR count). The maximum atomic E-state index is 11.3. The molecule has 0 aromatic heterocycles. The predicted molar refractivity (Wildman–Crippen MR) is 62.3 cm³/mol. The first kappa shape index (κ1) is 16.1. The number of hydrogen-bond acceptors (Lipinski definition) is 4. The summed E-state index contributed by atoms with van der Waals surface area (Å²) < 4.78 is 33.8. The van der Waals surface area contributed by atoms with Crippen molar-refractivity contribution in [2.24, 2.45) is 0 Å². The Labute approximate surface area is 129 Å². The third kappa shape index (κ3) is 2.40. The molecular weight excluding hydrogens is 263 g/mol. The van der Waals surface area contributed by atoms with Crippen LogP contribution < -0.4 is 29.6 Å². The van der Waals surface area contributed by atoms with Crippen molar-refractivity contribution in [1.29, 1.82) is 0 Å². The zero-order valence-corrected chi connectivity index (χ0v) is 13.6. The molecule has 1 aliphatic carbocycles. The van der Waals surface area contributed by atoms with E-state index in [0.29, 0.717) is 6.42 Å². The Balaban J connectivity index is 0.00000162. The van der Waals surface area contributed by atoms with Crippen molar-refractivity contribution in [2.45, 2.75) is 37.0 Å². The van der Waals surface area contributed by atoms with Crippen LogP contribution in [0.3, 0.4) is 0 Å². The molecule has 0 bridgehead atoms. The first-order chi connectivity index (χ1) is 7.68. The third-order valence-corrected chi connectivity index (χ3v) is 4.83. The number of fused-ring (bicyclic) bond motifs is 1. The van der Waals surface area contributed by atoms with Crippen molar-refractivity contribution in [3.63, 3.8) is 0 Å². The molecule has 0 saturated heterocycles. The summed E-state index contributed by atoms with van der Waals surface area (Å²) in [6.45, 7) is 3.95. The van der Waals surface area contributed by atoms with Gasteiger partial charge >= 0.3 is 29.6 Å². The van der Waals surface area contributed by atoms with Crippen LogP contribution >= 0.6 is 0 Å². The molecule has 1 aromatic carbocycles. The fourth-order valence-electron chi connectivity index (χ4n) is 2.42. The SMILES string of the molecule is CC1(C)CCC(O)(S(=O)(=O)[O-])c2ccccc21.[Na+]. The average molecular weight is 278 g/mol. The van der Waals surface area contributed by atoms with E-state index in [1.807, 2.05) is 13.8 Å². The van der Waals surface area contributed by atoms with Gasteiger partial charge in [-0.3, -0.25) is 0 Å². The van der Waals surface area contributed by atoms with Crippen LogP contribution in [0.25, 0.3) is 0 Å². The number of hydrogen-bond donors (Lipinski definition) is 1. The molecule has 1 atom stereocenters. The summed E-state index contributed by atoms with van der Waals surface area (Å²) in [6.07, 6.45) is 0.408. The maximum absolute atomic E-state index is 11.3. The van der Waals surface area contributed by atoms with Crippen molar-refractivity contribution < 1.29 is 47.6 Å². The monoisotopic (exact) mass is 278 g/mol. The molecule has 4 nitrogen and oxygen atoms in total. The summed E-state index contributed by atoms with van der Waals surface area (Å²) in [4.78, 5) is -2.28. The minimum Gasteiger partial charge on any atom is -0.745 e. The molecule has 1 N–H and O–H groups in total. The molecule has 94 valence electrons. The van der Waals surface area contributed by atoms with Gasteiger partial charge in [0.05, 0.1) is 0 Å². The molecule has 1 aliphatic rings. The van der Waals surface area contributed by atoms with Crippen molar-refractivity contribution in [2.75, 3.05) is 0 Å². The Kier molecular flexibility index (Phi) is 4.38. The Bertz CT molecular complexity index is 553. The summed E-state index contributed by atoms with van der Waals surface area (Å²) in [5.41, 5.74) is 0.729. The van der Waals surface area contributed by atoms with Gasteiger partial charge in [0, 0.05) is 5.56 Å². The van der Waals surface area contributed by atoms with Crippen molar-refractivity contribution in [1.82, 2.24) is 0 Å². The van der Waals surface area contributed by atoms with Gasteiger partial charge in [0.1, 0.15) is 10.1 Å². The van der Waals surface area contributed by atoms with E-state index in [2.05, 4.69) is 0 Å². The second-order valence-corrected chi connectivity index (χ2v) is 6.75. The van der Waals surface area contributed by atoms with E-state index in [-0.39, 0.29) is 47.0 Å². The number of rotatable bonds is 1. The van der Waals surface area contributed by atoms with Gasteiger partial charge in [-0.15, -0.1) is 0 Å². The van der Waals surface area contributed by atoms with Crippen molar-refractivity contribution >= 4 is 10.1 Å². The van der Waals surface area contributed by atoms with E-state index in [1.165, 1.54) is 6.07 Å². The Morgan fingerprint density at radius 2 is 1.67 bits per heavy atom. The molecule has 0 saturated carbocycles. The molecular formula is C12H15NaO4S. The predicted octanol–water partition coefficient (Wildman–Crippen LogP) is -1.55. The summed E-state index contributed by atoms with van der Waals surface area (Å²) >= 11 is 0. The zero-order chi connectivity index (χ0) is 12.9. The maximum Gasteiger partial charge on any atom is 1.00 e. The van der Waals surface area contributed by atoms with E-state index >= 15 is 0 Å². The van der Waals surface area contributed by atoms with Crippen molar-refractivity contribution in [3.8, 4) is 0 Å². The van der Waals surface area contributed by atoms with E-state index in [1.54, 1.807) is 18.2 Å². The minimum atomic E-state index is -4.78. The molecule has 1 aromatic rings. The van der Waals surface area contributed by atoms with Crippen LogP contribution in [-0.2, 0) is 20.5 Å². The first-order valence-electron chi connectivity index (χ1n) is 5.46. The van der Waals surface area contributed by atoms with E-state index in [0.717, 1.165) is 5.56 Å². The van der Waals surface area contributed by atoms with Crippen LogP contribution in [0, 0.1) is 0 Å². The fraction of sp³-hybridized carbons (Fsp3) is 0.500. The summed E-state index contributed by atoms with van der Waals surface area (Å²) in [5.74, 6) is 0. The molecule has 1 unspecified atom stereocenters. The van der Waals surface area contributed by atoms with Gasteiger partial charge in [0.25, 0.3) is 0 Å². The number of benzene rings is 1. The van der Waals surface area contributed by atoms with Crippen LogP contribution in [0.1, 0.15) is 37.8 Å². The number of aliphatic hydroxyl groups is 1. The molecule has 0 amide bonds. The molecule has 18 heavy (non-hydrogen) atoms. The second kappa shape index (κ2) is 4.89. The van der Waals surface area contributed by atoms with Crippen LogP contribution in [-0.4, -0.2) is 18.1 Å². The summed E-state index contributed by atoms with van der Waals surface area (Å²) in [5, 5.41) is 10.2. The van der Waals surface area contributed by atoms with Gasteiger partial charge in [0.15, 0.2) is 4.93 Å². The van der Waals surface area contributed by atoms with Gasteiger partial charge in [-0.05, 0) is 23.8 Å². The second-order valence-electron chi connectivity index (χ2n) is 5.17. The molecule has 0 radical (unpaired) electrons. The molecule has 0 heterocycles. The first-order valence-corrected chi connectivity index (χ1v) is 6.87. The fourth-order valence-corrected chi connectivity index (χ4v) is 3.22. The van der Waals surface area contributed by atoms with E-state index < -0.39 is 15.1 Å². The largest absolute Gasteiger partial charge is 1.00 e. The molecule has 0 fully saturated rings. The van der Waals surface area contributed by atoms with Gasteiger partial charge in [-0.25, -0.2) is 8.42 Å². The normalized spacial score (nSPS) is 26.0. The topological polar surface area (TPSA) is 77.4 Å². The van der Waals surface area contributed by atoms with Gasteiger partial charge in [-0.2, -0.15) is 0 Å². The average Bonchev–Trinajstić information content (AvgIpc) is 2.23. The van der Waals surface area contributed by atoms with Crippen LogP contribution in [0.2, 0.25) is 0 Å². The van der Waals surface area contributed by atoms with Gasteiger partial charge in [-0.1, -0.05) is 38.1 Å². The quantitative estimate of drug-likeness (QED) is 0.498. The van der Waals surface area contributed by atoms with Crippen LogP contribution in [0.4, 0.5) is 0 Å². The Hall–Kier alpha value is 0.0900. The Morgan fingerprint density at radius 3 is 2.17 bits per heavy atom. The molecule has 0 spiro atoms. The Morgan fingerprint density at radius 1 is 1.17 bits per heavy atom. The van der Waals surface area contributed by atoms with Crippen LogP contribution in [0.15, 0.2) is 24.3 Å². The summed E-state index contributed by atoms with van der Waals surface area (Å²) in [7, 11) is -4.78. The standard InChI is InChI=1S/C12H16O4S.Na/c1-11(2)7-8-12(13,17(14,15)16)10-6-4-3-5-9(10)11;/h3-6,13H,7-8H2,1-2H3,(H,14,15,16);/q;+1/p-1. The molecule has 6 heteroatoms. The van der Waals surface area contributed by atoms with E-state index in [9.17, 15) is 18.1 Å². The smallest absolute Gasteiger partial charge is 0.745 e. The molecule has 0 aliphatic heterocycles. The van der Waals surface area contributed by atoms with Gasteiger partial charge in [0.2, 0.25) is 0 Å².